The maximum Gasteiger partial charge on any atom is 0.251 e. The molecule has 2 heterocycles. The van der Waals surface area contributed by atoms with Gasteiger partial charge < -0.3 is 9.84 Å². The molecule has 1 saturated heterocycles. The van der Waals surface area contributed by atoms with Crippen LogP contribution in [0.3, 0.4) is 0 Å². The molecule has 28 heavy (non-hydrogen) atoms. The third-order valence-electron chi connectivity index (χ3n) is 4.55. The van der Waals surface area contributed by atoms with E-state index in [9.17, 15) is 13.2 Å². The average molecular weight is 427 g/mol. The van der Waals surface area contributed by atoms with Crippen molar-refractivity contribution >= 4 is 27.5 Å². The summed E-state index contributed by atoms with van der Waals surface area (Å²) in [6.07, 6.45) is 3.86. The number of benzene rings is 1. The number of sulfonamides is 1. The molecule has 0 saturated carbocycles. The van der Waals surface area contributed by atoms with Crippen molar-refractivity contribution in [3.05, 3.63) is 40.5 Å². The Balaban J connectivity index is 1.63. The highest BCUT2D eigenvalue weighted by Gasteiger charge is 2.28. The van der Waals surface area contributed by atoms with Crippen molar-refractivity contribution in [2.45, 2.75) is 43.9 Å². The molecule has 1 aliphatic heterocycles. The monoisotopic (exact) mass is 426 g/mol. The zero-order valence-corrected chi connectivity index (χ0v) is 17.2. The minimum absolute atomic E-state index is 0.0231. The van der Waals surface area contributed by atoms with Crippen LogP contribution in [0.1, 0.15) is 47.8 Å². The Kier molecular flexibility index (Phi) is 6.69. The van der Waals surface area contributed by atoms with Crippen molar-refractivity contribution in [3.8, 4) is 0 Å². The molecule has 1 aromatic heterocycles. The molecule has 1 amide bonds. The van der Waals surface area contributed by atoms with Crippen LogP contribution in [0.5, 0.6) is 0 Å². The van der Waals surface area contributed by atoms with Crippen LogP contribution in [-0.4, -0.2) is 48.4 Å². The third kappa shape index (κ3) is 4.89. The van der Waals surface area contributed by atoms with E-state index in [-0.39, 0.29) is 21.4 Å². The van der Waals surface area contributed by atoms with Crippen LogP contribution in [0.2, 0.25) is 5.02 Å². The van der Waals surface area contributed by atoms with Gasteiger partial charge in [0.25, 0.3) is 5.91 Å². The molecular weight excluding hydrogens is 404 g/mol. The van der Waals surface area contributed by atoms with Gasteiger partial charge in [-0.25, -0.2) is 8.42 Å². The molecule has 1 aliphatic rings. The molecule has 0 atom stereocenters. The Morgan fingerprint density at radius 3 is 2.71 bits per heavy atom. The lowest BCUT2D eigenvalue weighted by atomic mass is 10.2. The SMILES string of the molecule is Cc1noc(CCCNC(=O)c2ccc(Cl)c(S(=O)(=O)N3CCCCC3)c2)n1. The first-order valence-corrected chi connectivity index (χ1v) is 11.1. The maximum absolute atomic E-state index is 12.9. The molecule has 3 rings (SSSR count). The molecule has 0 aliphatic carbocycles. The van der Waals surface area contributed by atoms with Crippen molar-refractivity contribution in [1.29, 1.82) is 0 Å². The summed E-state index contributed by atoms with van der Waals surface area (Å²) in [6.45, 7) is 3.09. The van der Waals surface area contributed by atoms with Crippen molar-refractivity contribution in [3.63, 3.8) is 0 Å². The number of nitrogens with one attached hydrogen (secondary N) is 1. The number of halogens is 1. The van der Waals surface area contributed by atoms with E-state index < -0.39 is 10.0 Å². The Hall–Kier alpha value is -1.97. The minimum Gasteiger partial charge on any atom is -0.352 e. The van der Waals surface area contributed by atoms with E-state index in [0.717, 1.165) is 19.3 Å². The lowest BCUT2D eigenvalue weighted by Crippen LogP contribution is -2.36. The van der Waals surface area contributed by atoms with E-state index in [2.05, 4.69) is 15.5 Å². The first kappa shape index (κ1) is 20.8. The normalized spacial score (nSPS) is 15.5. The quantitative estimate of drug-likeness (QED) is 0.682. The number of carbonyl (C=O) groups is 1. The highest BCUT2D eigenvalue weighted by atomic mass is 35.5. The van der Waals surface area contributed by atoms with Crippen molar-refractivity contribution in [1.82, 2.24) is 19.8 Å². The number of rotatable bonds is 7. The fraction of sp³-hybridized carbons (Fsp3) is 0.500. The number of nitrogens with zero attached hydrogens (tertiary/aromatic N) is 3. The summed E-state index contributed by atoms with van der Waals surface area (Å²) in [5.74, 6) is 0.740. The number of carbonyl (C=O) groups excluding carboxylic acids is 1. The molecule has 2 aromatic rings. The number of amides is 1. The van der Waals surface area contributed by atoms with Gasteiger partial charge >= 0.3 is 0 Å². The third-order valence-corrected chi connectivity index (χ3v) is 6.93. The Morgan fingerprint density at radius 2 is 2.04 bits per heavy atom. The molecule has 152 valence electrons. The van der Waals surface area contributed by atoms with Gasteiger partial charge in [-0.1, -0.05) is 23.2 Å². The van der Waals surface area contributed by atoms with E-state index in [1.807, 2.05) is 0 Å². The van der Waals surface area contributed by atoms with Gasteiger partial charge in [0, 0.05) is 31.6 Å². The highest BCUT2D eigenvalue weighted by molar-refractivity contribution is 7.89. The van der Waals surface area contributed by atoms with E-state index in [0.29, 0.717) is 44.2 Å². The summed E-state index contributed by atoms with van der Waals surface area (Å²) >= 11 is 6.14. The molecule has 10 heteroatoms. The summed E-state index contributed by atoms with van der Waals surface area (Å²) in [7, 11) is -3.71. The lowest BCUT2D eigenvalue weighted by molar-refractivity contribution is 0.0952. The van der Waals surface area contributed by atoms with Gasteiger partial charge in [-0.05, 0) is 44.4 Å². The molecule has 0 spiro atoms. The molecule has 1 fully saturated rings. The van der Waals surface area contributed by atoms with Gasteiger partial charge in [0.1, 0.15) is 4.90 Å². The van der Waals surface area contributed by atoms with E-state index >= 15 is 0 Å². The maximum atomic E-state index is 12.9. The topological polar surface area (TPSA) is 105 Å². The zero-order valence-electron chi connectivity index (χ0n) is 15.6. The summed E-state index contributed by atoms with van der Waals surface area (Å²) in [5.41, 5.74) is 0.258. The second-order valence-corrected chi connectivity index (χ2v) is 9.02. The Bertz CT molecular complexity index is 939. The molecule has 0 bridgehead atoms. The summed E-state index contributed by atoms with van der Waals surface area (Å²) in [6, 6.07) is 4.33. The van der Waals surface area contributed by atoms with Crippen LogP contribution in [0, 0.1) is 6.92 Å². The molecule has 0 radical (unpaired) electrons. The van der Waals surface area contributed by atoms with Gasteiger partial charge in [0.15, 0.2) is 5.82 Å². The zero-order chi connectivity index (χ0) is 20.1. The van der Waals surface area contributed by atoms with E-state index in [4.69, 9.17) is 16.1 Å². The minimum atomic E-state index is -3.71. The predicted molar refractivity (Wildman–Crippen MR) is 104 cm³/mol. The smallest absolute Gasteiger partial charge is 0.251 e. The van der Waals surface area contributed by atoms with Crippen LogP contribution in [0.25, 0.3) is 0 Å². The number of aryl methyl sites for hydroxylation is 2. The standard InChI is InChI=1S/C18H23ClN4O4S/c1-13-21-17(27-22-13)6-5-9-20-18(24)14-7-8-15(19)16(12-14)28(25,26)23-10-3-2-4-11-23/h7-8,12H,2-6,9-11H2,1H3,(H,20,24). The van der Waals surface area contributed by atoms with Gasteiger partial charge in [0.2, 0.25) is 15.9 Å². The van der Waals surface area contributed by atoms with Crippen molar-refractivity contribution in [2.75, 3.05) is 19.6 Å². The van der Waals surface area contributed by atoms with E-state index in [1.54, 1.807) is 6.92 Å². The summed E-state index contributed by atoms with van der Waals surface area (Å²) in [5, 5.41) is 6.60. The van der Waals surface area contributed by atoms with Gasteiger partial charge in [-0.2, -0.15) is 9.29 Å². The number of piperidine rings is 1. The van der Waals surface area contributed by atoms with Gasteiger partial charge in [-0.3, -0.25) is 4.79 Å². The molecule has 8 nitrogen and oxygen atoms in total. The summed E-state index contributed by atoms with van der Waals surface area (Å²) < 4.78 is 32.2. The second kappa shape index (κ2) is 9.02. The predicted octanol–water partition coefficient (Wildman–Crippen LogP) is 2.57. The van der Waals surface area contributed by atoms with Crippen molar-refractivity contribution < 1.29 is 17.7 Å². The largest absolute Gasteiger partial charge is 0.352 e. The van der Waals surface area contributed by atoms with E-state index in [1.165, 1.54) is 22.5 Å². The fourth-order valence-electron chi connectivity index (χ4n) is 3.07. The highest BCUT2D eigenvalue weighted by Crippen LogP contribution is 2.27. The van der Waals surface area contributed by atoms with Gasteiger partial charge in [-0.15, -0.1) is 0 Å². The first-order chi connectivity index (χ1) is 13.4. The van der Waals surface area contributed by atoms with Crippen LogP contribution in [0.4, 0.5) is 0 Å². The lowest BCUT2D eigenvalue weighted by Gasteiger charge is -2.26. The molecule has 1 N–H and O–H groups in total. The first-order valence-electron chi connectivity index (χ1n) is 9.25. The van der Waals surface area contributed by atoms with Crippen LogP contribution in [0.15, 0.2) is 27.6 Å². The molecule has 1 aromatic carbocycles. The van der Waals surface area contributed by atoms with Crippen molar-refractivity contribution in [2.24, 2.45) is 0 Å². The number of hydrogen-bond acceptors (Lipinski definition) is 6. The Morgan fingerprint density at radius 1 is 1.29 bits per heavy atom. The van der Waals surface area contributed by atoms with Crippen LogP contribution >= 0.6 is 11.6 Å². The van der Waals surface area contributed by atoms with Crippen LogP contribution < -0.4 is 5.32 Å². The molecule has 0 unspecified atom stereocenters. The average Bonchev–Trinajstić information content (AvgIpc) is 3.11. The summed E-state index contributed by atoms with van der Waals surface area (Å²) in [4.78, 5) is 16.5. The Labute approximate surface area is 169 Å². The fourth-order valence-corrected chi connectivity index (χ4v) is 5.09. The number of hydrogen-bond donors (Lipinski definition) is 1. The van der Waals surface area contributed by atoms with Crippen LogP contribution in [-0.2, 0) is 16.4 Å². The molecular formula is C18H23ClN4O4S. The van der Waals surface area contributed by atoms with Gasteiger partial charge in [0.05, 0.1) is 5.02 Å². The second-order valence-electron chi connectivity index (χ2n) is 6.70. The number of aromatic nitrogens is 2.